The molecule has 0 aromatic rings. The molecule has 0 spiro atoms. The molecule has 0 aliphatic carbocycles. The fourth-order valence-electron chi connectivity index (χ4n) is 1.94. The number of Topliss-reactive ketones (excluding diaryl/α,β-unsaturated/α-hetero) is 1. The summed E-state index contributed by atoms with van der Waals surface area (Å²) in [5.41, 5.74) is 0. The van der Waals surface area contributed by atoms with Crippen molar-refractivity contribution in [3.05, 3.63) is 0 Å². The van der Waals surface area contributed by atoms with Crippen molar-refractivity contribution in [1.29, 1.82) is 0 Å². The number of aliphatic hydroxyl groups excluding tert-OH is 1. The lowest BCUT2D eigenvalue weighted by atomic mass is 10.3. The van der Waals surface area contributed by atoms with E-state index in [1.165, 1.54) is 6.42 Å². The highest BCUT2D eigenvalue weighted by Crippen LogP contribution is 1.97. The smallest absolute Gasteiger partial charge is 0.172 e. The molecule has 0 saturated heterocycles. The average Bonchev–Trinajstić information content (AvgIpc) is 2.29. The van der Waals surface area contributed by atoms with E-state index in [2.05, 4.69) is 30.7 Å². The molecular weight excluding hydrogens is 216 g/mol. The molecule has 102 valence electrons. The summed E-state index contributed by atoms with van der Waals surface area (Å²) in [4.78, 5) is 15.6. The molecule has 0 saturated carbocycles. The molecule has 0 rings (SSSR count). The molecule has 0 aromatic heterocycles. The number of nitrogens with zero attached hydrogens (tertiary/aromatic N) is 2. The Morgan fingerprint density at radius 1 is 1.06 bits per heavy atom. The molecule has 4 nitrogen and oxygen atoms in total. The Hall–Kier alpha value is -0.450. The molecule has 17 heavy (non-hydrogen) atoms. The summed E-state index contributed by atoms with van der Waals surface area (Å²) in [7, 11) is 2.13. The van der Waals surface area contributed by atoms with Crippen LogP contribution in [0.25, 0.3) is 0 Å². The molecule has 4 heteroatoms. The van der Waals surface area contributed by atoms with Gasteiger partial charge in [-0.3, -0.25) is 9.69 Å². The van der Waals surface area contributed by atoms with Gasteiger partial charge in [0, 0.05) is 0 Å². The van der Waals surface area contributed by atoms with E-state index in [1.54, 1.807) is 0 Å². The first kappa shape index (κ1) is 16.6. The van der Waals surface area contributed by atoms with Crippen LogP contribution in [0.1, 0.15) is 33.1 Å². The molecule has 0 unspecified atom stereocenters. The Kier molecular flexibility index (Phi) is 10.4. The molecule has 0 radical (unpaired) electrons. The Morgan fingerprint density at radius 2 is 1.71 bits per heavy atom. The second-order valence-corrected chi connectivity index (χ2v) is 4.63. The van der Waals surface area contributed by atoms with E-state index in [4.69, 9.17) is 5.11 Å². The van der Waals surface area contributed by atoms with Gasteiger partial charge in [0.25, 0.3) is 0 Å². The number of hydrogen-bond donors (Lipinski definition) is 1. The van der Waals surface area contributed by atoms with Gasteiger partial charge >= 0.3 is 0 Å². The van der Waals surface area contributed by atoms with Crippen LogP contribution in [0.4, 0.5) is 0 Å². The van der Waals surface area contributed by atoms with Crippen molar-refractivity contribution in [3.63, 3.8) is 0 Å². The lowest BCUT2D eigenvalue weighted by Gasteiger charge is -2.22. The van der Waals surface area contributed by atoms with Crippen molar-refractivity contribution in [3.8, 4) is 0 Å². The molecule has 0 heterocycles. The molecule has 0 aromatic carbocycles. The number of carbonyl (C=O) groups is 1. The van der Waals surface area contributed by atoms with E-state index in [0.717, 1.165) is 39.0 Å². The first-order valence-electron chi connectivity index (χ1n) is 6.67. The predicted molar refractivity (Wildman–Crippen MR) is 71.2 cm³/mol. The number of aliphatic hydroxyl groups is 1. The minimum atomic E-state index is -0.337. The quantitative estimate of drug-likeness (QED) is 0.589. The molecule has 0 atom stereocenters. The Balaban J connectivity index is 3.79. The second kappa shape index (κ2) is 10.7. The standard InChI is InChI=1S/C13H28N2O2/c1-4-7-14(3)9-6-10-15(8-5-2)11-13(17)12-16/h16H,4-12H2,1-3H3. The van der Waals surface area contributed by atoms with Crippen LogP contribution in [0.3, 0.4) is 0 Å². The first-order valence-corrected chi connectivity index (χ1v) is 6.67. The van der Waals surface area contributed by atoms with E-state index in [-0.39, 0.29) is 12.4 Å². The van der Waals surface area contributed by atoms with Gasteiger partial charge in [0.1, 0.15) is 6.61 Å². The van der Waals surface area contributed by atoms with Gasteiger partial charge in [0.05, 0.1) is 6.54 Å². The van der Waals surface area contributed by atoms with Crippen molar-refractivity contribution in [2.75, 3.05) is 46.4 Å². The van der Waals surface area contributed by atoms with E-state index in [9.17, 15) is 4.79 Å². The first-order chi connectivity index (χ1) is 8.13. The summed E-state index contributed by atoms with van der Waals surface area (Å²) in [6, 6.07) is 0. The van der Waals surface area contributed by atoms with Gasteiger partial charge in [-0.25, -0.2) is 0 Å². The maximum atomic E-state index is 11.2. The van der Waals surface area contributed by atoms with Crippen molar-refractivity contribution in [1.82, 2.24) is 9.80 Å². The predicted octanol–water partition coefficient (Wildman–Crippen LogP) is 0.992. The minimum Gasteiger partial charge on any atom is -0.389 e. The largest absolute Gasteiger partial charge is 0.389 e. The van der Waals surface area contributed by atoms with Crippen LogP contribution in [0.5, 0.6) is 0 Å². The van der Waals surface area contributed by atoms with E-state index in [1.807, 2.05) is 0 Å². The van der Waals surface area contributed by atoms with Gasteiger partial charge in [-0.15, -0.1) is 0 Å². The summed E-state index contributed by atoms with van der Waals surface area (Å²) in [6.45, 7) is 8.42. The zero-order valence-electron chi connectivity index (χ0n) is 11.6. The lowest BCUT2D eigenvalue weighted by molar-refractivity contribution is -0.122. The molecule has 0 fully saturated rings. The van der Waals surface area contributed by atoms with Gasteiger partial charge < -0.3 is 10.0 Å². The Labute approximate surface area is 106 Å². The molecule has 1 N–H and O–H groups in total. The van der Waals surface area contributed by atoms with Crippen LogP contribution in [0, 0.1) is 0 Å². The van der Waals surface area contributed by atoms with Gasteiger partial charge in [-0.1, -0.05) is 13.8 Å². The second-order valence-electron chi connectivity index (χ2n) is 4.63. The fraction of sp³-hybridized carbons (Fsp3) is 0.923. The highest BCUT2D eigenvalue weighted by molar-refractivity contribution is 5.81. The van der Waals surface area contributed by atoms with E-state index in [0.29, 0.717) is 6.54 Å². The lowest BCUT2D eigenvalue weighted by Crippen LogP contribution is -2.34. The topological polar surface area (TPSA) is 43.8 Å². The summed E-state index contributed by atoms with van der Waals surface area (Å²) in [5.74, 6) is -0.0830. The van der Waals surface area contributed by atoms with Crippen molar-refractivity contribution < 1.29 is 9.90 Å². The third-order valence-electron chi connectivity index (χ3n) is 2.74. The van der Waals surface area contributed by atoms with Gasteiger partial charge in [0.15, 0.2) is 5.78 Å². The Morgan fingerprint density at radius 3 is 2.24 bits per heavy atom. The normalized spacial score (nSPS) is 11.4. The zero-order chi connectivity index (χ0) is 13.1. The molecule has 0 aliphatic heterocycles. The molecule has 0 amide bonds. The average molecular weight is 244 g/mol. The van der Waals surface area contributed by atoms with Crippen LogP contribution in [0.2, 0.25) is 0 Å². The summed E-state index contributed by atoms with van der Waals surface area (Å²) >= 11 is 0. The zero-order valence-corrected chi connectivity index (χ0v) is 11.6. The summed E-state index contributed by atoms with van der Waals surface area (Å²) in [5, 5.41) is 8.75. The van der Waals surface area contributed by atoms with Crippen molar-refractivity contribution >= 4 is 5.78 Å². The van der Waals surface area contributed by atoms with Crippen LogP contribution >= 0.6 is 0 Å². The van der Waals surface area contributed by atoms with Gasteiger partial charge in [-0.2, -0.15) is 0 Å². The monoisotopic (exact) mass is 244 g/mol. The Bertz CT molecular complexity index is 198. The van der Waals surface area contributed by atoms with Gasteiger partial charge in [-0.05, 0) is 52.5 Å². The molecular formula is C13H28N2O2. The third kappa shape index (κ3) is 9.27. The maximum Gasteiger partial charge on any atom is 0.172 e. The highest BCUT2D eigenvalue weighted by Gasteiger charge is 2.09. The molecule has 0 bridgehead atoms. The summed E-state index contributed by atoms with van der Waals surface area (Å²) in [6.07, 6.45) is 3.30. The van der Waals surface area contributed by atoms with E-state index < -0.39 is 0 Å². The summed E-state index contributed by atoms with van der Waals surface area (Å²) < 4.78 is 0. The van der Waals surface area contributed by atoms with Crippen molar-refractivity contribution in [2.45, 2.75) is 33.1 Å². The number of ketones is 1. The van der Waals surface area contributed by atoms with Gasteiger partial charge in [0.2, 0.25) is 0 Å². The number of rotatable bonds is 11. The fourth-order valence-corrected chi connectivity index (χ4v) is 1.94. The SMILES string of the molecule is CCCN(C)CCCN(CCC)CC(=O)CO. The highest BCUT2D eigenvalue weighted by atomic mass is 16.3. The van der Waals surface area contributed by atoms with Crippen LogP contribution in [-0.4, -0.2) is 67.1 Å². The minimum absolute atomic E-state index is 0.0830. The van der Waals surface area contributed by atoms with Crippen molar-refractivity contribution in [2.24, 2.45) is 0 Å². The van der Waals surface area contributed by atoms with Crippen LogP contribution in [0.15, 0.2) is 0 Å². The van der Waals surface area contributed by atoms with E-state index >= 15 is 0 Å². The number of carbonyl (C=O) groups excluding carboxylic acids is 1. The number of hydrogen-bond acceptors (Lipinski definition) is 4. The molecule has 0 aliphatic rings. The third-order valence-corrected chi connectivity index (χ3v) is 2.74. The van der Waals surface area contributed by atoms with Crippen LogP contribution in [-0.2, 0) is 4.79 Å². The maximum absolute atomic E-state index is 11.2. The van der Waals surface area contributed by atoms with Crippen LogP contribution < -0.4 is 0 Å².